The van der Waals surface area contributed by atoms with E-state index in [1.165, 1.54) is 12.1 Å². The fourth-order valence-corrected chi connectivity index (χ4v) is 3.15. The van der Waals surface area contributed by atoms with Crippen molar-refractivity contribution in [3.8, 4) is 0 Å². The summed E-state index contributed by atoms with van der Waals surface area (Å²) in [6, 6.07) is 11.8. The van der Waals surface area contributed by atoms with Crippen LogP contribution in [0.5, 0.6) is 0 Å². The summed E-state index contributed by atoms with van der Waals surface area (Å²) in [5.74, 6) is -2.18. The quantitative estimate of drug-likeness (QED) is 0.796. The summed E-state index contributed by atoms with van der Waals surface area (Å²) in [6.45, 7) is 3.33. The van der Waals surface area contributed by atoms with Gasteiger partial charge in [0.2, 0.25) is 5.91 Å². The van der Waals surface area contributed by atoms with E-state index in [2.05, 4.69) is 10.6 Å². The van der Waals surface area contributed by atoms with Crippen LogP contribution in [-0.4, -0.2) is 35.3 Å². The van der Waals surface area contributed by atoms with Gasteiger partial charge < -0.3 is 10.6 Å². The zero-order chi connectivity index (χ0) is 19.6. The zero-order valence-corrected chi connectivity index (χ0v) is 15.0. The number of nitrogens with zero attached hydrogens (tertiary/aromatic N) is 1. The Hall–Kier alpha value is -3.22. The lowest BCUT2D eigenvalue weighted by molar-refractivity contribution is -0.132. The topological polar surface area (TPSA) is 78.5 Å². The first-order valence-electron chi connectivity index (χ1n) is 8.60. The molecule has 1 fully saturated rings. The van der Waals surface area contributed by atoms with Gasteiger partial charge in [-0.2, -0.15) is 0 Å². The standard InChI is InChI=1S/C20H20FN3O3/c1-12-8-9-16(15(21)10-12)23-19(26)18(24-17(25)11-22-20(24)27)13(2)14-6-4-3-5-7-14/h3-10,13,18H,11H2,1-2H3,(H,22,27)(H,23,26)/t13-,18-/m0/s1. The maximum atomic E-state index is 14.2. The molecule has 6 nitrogen and oxygen atoms in total. The van der Waals surface area contributed by atoms with Crippen LogP contribution in [0.1, 0.15) is 24.0 Å². The molecule has 3 rings (SSSR count). The third-order valence-corrected chi connectivity index (χ3v) is 4.61. The SMILES string of the molecule is Cc1ccc(NC(=O)[C@H]([C@@H](C)c2ccccc2)N2C(=O)CNC2=O)c(F)c1. The Labute approximate surface area is 156 Å². The maximum Gasteiger partial charge on any atom is 0.325 e. The summed E-state index contributed by atoms with van der Waals surface area (Å²) in [7, 11) is 0. The minimum absolute atomic E-state index is 0.00270. The lowest BCUT2D eigenvalue weighted by atomic mass is 9.91. The Kier molecular flexibility index (Phi) is 5.21. The van der Waals surface area contributed by atoms with Crippen molar-refractivity contribution < 1.29 is 18.8 Å². The fourth-order valence-electron chi connectivity index (χ4n) is 3.15. The highest BCUT2D eigenvalue weighted by Gasteiger charge is 2.42. The molecule has 2 aromatic carbocycles. The first-order chi connectivity index (χ1) is 12.9. The fraction of sp³-hybridized carbons (Fsp3) is 0.250. The lowest BCUT2D eigenvalue weighted by Crippen LogP contribution is -2.50. The first-order valence-corrected chi connectivity index (χ1v) is 8.60. The molecule has 2 aromatic rings. The van der Waals surface area contributed by atoms with Crippen molar-refractivity contribution in [2.75, 3.05) is 11.9 Å². The molecule has 0 radical (unpaired) electrons. The Balaban J connectivity index is 1.94. The van der Waals surface area contributed by atoms with E-state index in [0.29, 0.717) is 5.56 Å². The smallest absolute Gasteiger partial charge is 0.325 e. The van der Waals surface area contributed by atoms with Crippen LogP contribution in [-0.2, 0) is 9.59 Å². The minimum Gasteiger partial charge on any atom is -0.329 e. The van der Waals surface area contributed by atoms with E-state index in [1.807, 2.05) is 30.3 Å². The van der Waals surface area contributed by atoms with E-state index in [4.69, 9.17) is 0 Å². The van der Waals surface area contributed by atoms with Crippen LogP contribution in [0.3, 0.4) is 0 Å². The summed E-state index contributed by atoms with van der Waals surface area (Å²) < 4.78 is 14.2. The van der Waals surface area contributed by atoms with Crippen LogP contribution >= 0.6 is 0 Å². The molecular weight excluding hydrogens is 349 g/mol. The number of benzene rings is 2. The molecule has 2 atom stereocenters. The summed E-state index contributed by atoms with van der Waals surface area (Å²) >= 11 is 0. The number of hydrogen-bond donors (Lipinski definition) is 2. The van der Waals surface area contributed by atoms with Gasteiger partial charge in [-0.05, 0) is 30.2 Å². The van der Waals surface area contributed by atoms with Gasteiger partial charge in [0.05, 0.1) is 12.2 Å². The normalized spacial score (nSPS) is 16.0. The average Bonchev–Trinajstić information content (AvgIpc) is 2.97. The van der Waals surface area contributed by atoms with Gasteiger partial charge >= 0.3 is 6.03 Å². The molecule has 140 valence electrons. The Bertz CT molecular complexity index is 869. The monoisotopic (exact) mass is 369 g/mol. The van der Waals surface area contributed by atoms with E-state index in [1.54, 1.807) is 19.9 Å². The van der Waals surface area contributed by atoms with Crippen LogP contribution in [0, 0.1) is 12.7 Å². The molecule has 0 aromatic heterocycles. The lowest BCUT2D eigenvalue weighted by Gasteiger charge is -2.29. The molecule has 0 spiro atoms. The number of carbonyl (C=O) groups is 3. The number of nitrogens with one attached hydrogen (secondary N) is 2. The highest BCUT2D eigenvalue weighted by molar-refractivity contribution is 6.08. The number of halogens is 1. The van der Waals surface area contributed by atoms with Crippen molar-refractivity contribution >= 4 is 23.5 Å². The van der Waals surface area contributed by atoms with Gasteiger partial charge in [0.15, 0.2) is 0 Å². The number of rotatable bonds is 5. The van der Waals surface area contributed by atoms with Gasteiger partial charge in [0.25, 0.3) is 5.91 Å². The molecular formula is C20H20FN3O3. The molecule has 4 amide bonds. The second kappa shape index (κ2) is 7.57. The summed E-state index contributed by atoms with van der Waals surface area (Å²) in [5, 5.41) is 4.95. The Morgan fingerprint density at radius 2 is 1.89 bits per heavy atom. The van der Waals surface area contributed by atoms with Crippen molar-refractivity contribution in [2.24, 2.45) is 0 Å². The summed E-state index contributed by atoms with van der Waals surface area (Å²) in [6.07, 6.45) is 0. The van der Waals surface area contributed by atoms with E-state index in [0.717, 1.165) is 10.5 Å². The third kappa shape index (κ3) is 3.81. The van der Waals surface area contributed by atoms with Crippen LogP contribution in [0.15, 0.2) is 48.5 Å². The predicted octanol–water partition coefficient (Wildman–Crippen LogP) is 2.80. The van der Waals surface area contributed by atoms with E-state index in [9.17, 15) is 18.8 Å². The molecule has 1 heterocycles. The van der Waals surface area contributed by atoms with Crippen molar-refractivity contribution in [2.45, 2.75) is 25.8 Å². The molecule has 1 aliphatic rings. The largest absolute Gasteiger partial charge is 0.329 e. The number of hydrogen-bond acceptors (Lipinski definition) is 3. The molecule has 0 unspecified atom stereocenters. The van der Waals surface area contributed by atoms with Crippen molar-refractivity contribution in [3.05, 3.63) is 65.5 Å². The molecule has 1 saturated heterocycles. The van der Waals surface area contributed by atoms with Gasteiger partial charge in [-0.3, -0.25) is 9.59 Å². The van der Waals surface area contributed by atoms with Crippen LogP contribution in [0.25, 0.3) is 0 Å². The molecule has 2 N–H and O–H groups in total. The highest BCUT2D eigenvalue weighted by Crippen LogP contribution is 2.26. The van der Waals surface area contributed by atoms with E-state index < -0.39 is 35.6 Å². The third-order valence-electron chi connectivity index (χ3n) is 4.61. The van der Waals surface area contributed by atoms with Gasteiger partial charge in [-0.15, -0.1) is 0 Å². The summed E-state index contributed by atoms with van der Waals surface area (Å²) in [5.41, 5.74) is 1.51. The Morgan fingerprint density at radius 1 is 1.19 bits per heavy atom. The van der Waals surface area contributed by atoms with Gasteiger partial charge in [0.1, 0.15) is 11.9 Å². The molecule has 7 heteroatoms. The van der Waals surface area contributed by atoms with Crippen LogP contribution in [0.4, 0.5) is 14.9 Å². The van der Waals surface area contributed by atoms with E-state index >= 15 is 0 Å². The molecule has 0 saturated carbocycles. The average molecular weight is 369 g/mol. The Morgan fingerprint density at radius 3 is 2.48 bits per heavy atom. The van der Waals surface area contributed by atoms with Crippen molar-refractivity contribution in [3.63, 3.8) is 0 Å². The van der Waals surface area contributed by atoms with Crippen molar-refractivity contribution in [1.29, 1.82) is 0 Å². The molecule has 27 heavy (non-hydrogen) atoms. The highest BCUT2D eigenvalue weighted by atomic mass is 19.1. The minimum atomic E-state index is -1.11. The second-order valence-corrected chi connectivity index (χ2v) is 6.54. The number of amides is 4. The number of imide groups is 1. The van der Waals surface area contributed by atoms with Gasteiger partial charge in [-0.25, -0.2) is 14.1 Å². The number of carbonyl (C=O) groups excluding carboxylic acids is 3. The number of urea groups is 1. The first kappa shape index (κ1) is 18.6. The number of aryl methyl sites for hydroxylation is 1. The van der Waals surface area contributed by atoms with Gasteiger partial charge in [-0.1, -0.05) is 43.3 Å². The molecule has 1 aliphatic heterocycles. The van der Waals surface area contributed by atoms with Gasteiger partial charge in [0, 0.05) is 5.92 Å². The van der Waals surface area contributed by atoms with Crippen LogP contribution < -0.4 is 10.6 Å². The van der Waals surface area contributed by atoms with Crippen LogP contribution in [0.2, 0.25) is 0 Å². The number of anilines is 1. The van der Waals surface area contributed by atoms with Crippen molar-refractivity contribution in [1.82, 2.24) is 10.2 Å². The summed E-state index contributed by atoms with van der Waals surface area (Å²) in [4.78, 5) is 38.3. The maximum absolute atomic E-state index is 14.2. The zero-order valence-electron chi connectivity index (χ0n) is 15.0. The molecule has 0 aliphatic carbocycles. The second-order valence-electron chi connectivity index (χ2n) is 6.54. The van der Waals surface area contributed by atoms with E-state index in [-0.39, 0.29) is 12.2 Å². The molecule has 0 bridgehead atoms. The predicted molar refractivity (Wildman–Crippen MR) is 98.7 cm³/mol.